The Morgan fingerprint density at radius 2 is 2.26 bits per heavy atom. The fourth-order valence-electron chi connectivity index (χ4n) is 2.39. The minimum Gasteiger partial charge on any atom is -0.252 e. The van der Waals surface area contributed by atoms with Gasteiger partial charge in [0, 0.05) is 11.8 Å². The first-order valence-electron chi connectivity index (χ1n) is 6.14. The zero-order chi connectivity index (χ0) is 12.7. The molecule has 0 unspecified atom stereocenters. The van der Waals surface area contributed by atoms with Crippen LogP contribution in [-0.4, -0.2) is 14.8 Å². The van der Waals surface area contributed by atoms with Crippen molar-refractivity contribution in [3.63, 3.8) is 0 Å². The van der Waals surface area contributed by atoms with Crippen molar-refractivity contribution < 1.29 is 0 Å². The number of aromatic nitrogens is 3. The standard InChI is InChI=1S/C14H11N3S2/c1-2-5-11-10(4-1)14(12-8-15-9-19-12)16-17(11)13-6-3-7-18-13/h1,3-4,6-9H,2,5H2. The van der Waals surface area contributed by atoms with Crippen LogP contribution in [0.15, 0.2) is 35.3 Å². The van der Waals surface area contributed by atoms with Gasteiger partial charge < -0.3 is 0 Å². The number of thiazole rings is 1. The molecule has 0 radical (unpaired) electrons. The van der Waals surface area contributed by atoms with Gasteiger partial charge in [-0.15, -0.1) is 22.7 Å². The number of rotatable bonds is 2. The van der Waals surface area contributed by atoms with E-state index in [1.54, 1.807) is 22.7 Å². The molecule has 94 valence electrons. The van der Waals surface area contributed by atoms with E-state index in [9.17, 15) is 0 Å². The first kappa shape index (κ1) is 11.1. The van der Waals surface area contributed by atoms with E-state index >= 15 is 0 Å². The smallest absolute Gasteiger partial charge is 0.117 e. The average molecular weight is 285 g/mol. The second kappa shape index (κ2) is 4.43. The highest BCUT2D eigenvalue weighted by molar-refractivity contribution is 7.13. The van der Waals surface area contributed by atoms with Gasteiger partial charge in [-0.1, -0.05) is 12.2 Å². The Morgan fingerprint density at radius 3 is 3.05 bits per heavy atom. The molecule has 3 nitrogen and oxygen atoms in total. The molecule has 0 amide bonds. The van der Waals surface area contributed by atoms with Crippen LogP contribution in [0.3, 0.4) is 0 Å². The summed E-state index contributed by atoms with van der Waals surface area (Å²) in [7, 11) is 0. The summed E-state index contributed by atoms with van der Waals surface area (Å²) in [4.78, 5) is 5.30. The Hall–Kier alpha value is -1.72. The van der Waals surface area contributed by atoms with E-state index in [0.717, 1.165) is 23.4 Å². The number of hydrogen-bond acceptors (Lipinski definition) is 4. The van der Waals surface area contributed by atoms with Gasteiger partial charge in [0.05, 0.1) is 16.1 Å². The van der Waals surface area contributed by atoms with Gasteiger partial charge in [0.15, 0.2) is 0 Å². The first-order valence-corrected chi connectivity index (χ1v) is 7.90. The lowest BCUT2D eigenvalue weighted by Crippen LogP contribution is -2.02. The SMILES string of the molecule is C1=Cc2c(-c3cncs3)nn(-c3cccs3)c2CC1. The topological polar surface area (TPSA) is 30.7 Å². The molecular formula is C14H11N3S2. The number of thiophene rings is 1. The minimum atomic E-state index is 1.05. The maximum absolute atomic E-state index is 4.82. The van der Waals surface area contributed by atoms with Gasteiger partial charge in [-0.25, -0.2) is 4.68 Å². The normalized spacial score (nSPS) is 13.7. The first-order chi connectivity index (χ1) is 9.43. The van der Waals surface area contributed by atoms with Crippen LogP contribution in [0.5, 0.6) is 0 Å². The van der Waals surface area contributed by atoms with Crippen LogP contribution in [-0.2, 0) is 6.42 Å². The third-order valence-corrected chi connectivity index (χ3v) is 4.86. The van der Waals surface area contributed by atoms with Gasteiger partial charge in [0.25, 0.3) is 0 Å². The predicted octanol–water partition coefficient (Wildman–Crippen LogP) is 4.02. The van der Waals surface area contributed by atoms with Crippen LogP contribution in [0.4, 0.5) is 0 Å². The number of fused-ring (bicyclic) bond motifs is 1. The third kappa shape index (κ3) is 1.77. The van der Waals surface area contributed by atoms with Crippen molar-refractivity contribution >= 4 is 28.7 Å². The average Bonchev–Trinajstić information content (AvgIpc) is 3.18. The summed E-state index contributed by atoms with van der Waals surface area (Å²) in [5.74, 6) is 0. The van der Waals surface area contributed by atoms with E-state index in [-0.39, 0.29) is 0 Å². The molecule has 5 heteroatoms. The van der Waals surface area contributed by atoms with Crippen LogP contribution >= 0.6 is 22.7 Å². The molecule has 1 aliphatic carbocycles. The third-order valence-electron chi connectivity index (χ3n) is 3.23. The minimum absolute atomic E-state index is 1.05. The van der Waals surface area contributed by atoms with Crippen LogP contribution in [0, 0.1) is 0 Å². The summed E-state index contributed by atoms with van der Waals surface area (Å²) in [5.41, 5.74) is 5.48. The highest BCUT2D eigenvalue weighted by Crippen LogP contribution is 2.34. The van der Waals surface area contributed by atoms with E-state index in [1.807, 2.05) is 11.7 Å². The van der Waals surface area contributed by atoms with Crippen molar-refractivity contribution in [1.29, 1.82) is 0 Å². The molecule has 3 aromatic rings. The molecule has 0 saturated carbocycles. The Bertz CT molecular complexity index is 721. The van der Waals surface area contributed by atoms with Gasteiger partial charge in [-0.3, -0.25) is 4.98 Å². The van der Waals surface area contributed by atoms with E-state index in [4.69, 9.17) is 5.10 Å². The van der Waals surface area contributed by atoms with Crippen molar-refractivity contribution in [2.75, 3.05) is 0 Å². The fourth-order valence-corrected chi connectivity index (χ4v) is 3.71. The zero-order valence-electron chi connectivity index (χ0n) is 10.1. The molecular weight excluding hydrogens is 274 g/mol. The second-order valence-electron chi connectivity index (χ2n) is 4.38. The van der Waals surface area contributed by atoms with Gasteiger partial charge >= 0.3 is 0 Å². The van der Waals surface area contributed by atoms with E-state index in [0.29, 0.717) is 0 Å². The summed E-state index contributed by atoms with van der Waals surface area (Å²) in [6, 6.07) is 4.19. The molecule has 0 aromatic carbocycles. The zero-order valence-corrected chi connectivity index (χ0v) is 11.7. The van der Waals surface area contributed by atoms with E-state index < -0.39 is 0 Å². The van der Waals surface area contributed by atoms with E-state index in [2.05, 4.69) is 39.3 Å². The van der Waals surface area contributed by atoms with Gasteiger partial charge in [-0.05, 0) is 30.4 Å². The summed E-state index contributed by atoms with van der Waals surface area (Å²) in [6.07, 6.45) is 8.47. The van der Waals surface area contributed by atoms with Crippen molar-refractivity contribution in [1.82, 2.24) is 14.8 Å². The summed E-state index contributed by atoms with van der Waals surface area (Å²) in [6.45, 7) is 0. The molecule has 3 aromatic heterocycles. The summed E-state index contributed by atoms with van der Waals surface area (Å²) in [5, 5.41) is 8.10. The molecule has 19 heavy (non-hydrogen) atoms. The highest BCUT2D eigenvalue weighted by atomic mass is 32.1. The molecule has 0 fully saturated rings. The molecule has 3 heterocycles. The van der Waals surface area contributed by atoms with Crippen molar-refractivity contribution in [2.24, 2.45) is 0 Å². The lowest BCUT2D eigenvalue weighted by atomic mass is 10.0. The van der Waals surface area contributed by atoms with Crippen LogP contribution in [0.1, 0.15) is 17.7 Å². The second-order valence-corrected chi connectivity index (χ2v) is 6.19. The Labute approximate surface area is 118 Å². The fraction of sp³-hybridized carbons (Fsp3) is 0.143. The van der Waals surface area contributed by atoms with Crippen molar-refractivity contribution in [3.05, 3.63) is 46.6 Å². The number of hydrogen-bond donors (Lipinski definition) is 0. The van der Waals surface area contributed by atoms with Crippen LogP contribution in [0.2, 0.25) is 0 Å². The molecule has 0 aliphatic heterocycles. The predicted molar refractivity (Wildman–Crippen MR) is 79.9 cm³/mol. The summed E-state index contributed by atoms with van der Waals surface area (Å²) >= 11 is 3.37. The largest absolute Gasteiger partial charge is 0.252 e. The molecule has 0 atom stereocenters. The van der Waals surface area contributed by atoms with Crippen LogP contribution in [0.25, 0.3) is 21.6 Å². The Balaban J connectivity index is 1.97. The number of allylic oxidation sites excluding steroid dienone is 1. The van der Waals surface area contributed by atoms with Crippen molar-refractivity contribution in [3.8, 4) is 15.6 Å². The highest BCUT2D eigenvalue weighted by Gasteiger charge is 2.20. The lowest BCUT2D eigenvalue weighted by molar-refractivity contribution is 0.802. The molecule has 0 spiro atoms. The monoisotopic (exact) mass is 285 g/mol. The molecule has 0 N–H and O–H groups in total. The van der Waals surface area contributed by atoms with E-state index in [1.165, 1.54) is 16.3 Å². The number of nitrogens with zero attached hydrogens (tertiary/aromatic N) is 3. The maximum atomic E-state index is 4.82. The quantitative estimate of drug-likeness (QED) is 0.712. The van der Waals surface area contributed by atoms with Gasteiger partial charge in [-0.2, -0.15) is 5.10 Å². The van der Waals surface area contributed by atoms with Crippen molar-refractivity contribution in [2.45, 2.75) is 12.8 Å². The molecule has 0 saturated heterocycles. The lowest BCUT2D eigenvalue weighted by Gasteiger charge is -2.08. The van der Waals surface area contributed by atoms with Gasteiger partial charge in [0.1, 0.15) is 10.7 Å². The Morgan fingerprint density at radius 1 is 1.26 bits per heavy atom. The maximum Gasteiger partial charge on any atom is 0.117 e. The Kier molecular flexibility index (Phi) is 2.60. The molecule has 1 aliphatic rings. The summed E-state index contributed by atoms with van der Waals surface area (Å²) < 4.78 is 2.10. The van der Waals surface area contributed by atoms with Crippen LogP contribution < -0.4 is 0 Å². The molecule has 0 bridgehead atoms. The molecule has 4 rings (SSSR count). The van der Waals surface area contributed by atoms with Gasteiger partial charge in [0.2, 0.25) is 0 Å².